The molecule has 0 spiro atoms. The molecule has 158 valence electrons. The van der Waals surface area contributed by atoms with Gasteiger partial charge >= 0.3 is 0 Å². The van der Waals surface area contributed by atoms with Gasteiger partial charge < -0.3 is 15.6 Å². The van der Waals surface area contributed by atoms with Gasteiger partial charge in [-0.2, -0.15) is 0 Å². The molecule has 1 aromatic carbocycles. The summed E-state index contributed by atoms with van der Waals surface area (Å²) in [6.45, 7) is 5.55. The molecule has 0 radical (unpaired) electrons. The van der Waals surface area contributed by atoms with Crippen LogP contribution in [-0.2, 0) is 23.2 Å². The second-order valence-electron chi connectivity index (χ2n) is 7.41. The molecule has 8 heteroatoms. The van der Waals surface area contributed by atoms with Gasteiger partial charge in [0.05, 0.1) is 18.1 Å². The SMILES string of the molecule is CC(C)(CNC(=O)[C@@H](N)Cc1cn(Cc2ccccc2)cn1)c1cccs1.Cl.Cl. The van der Waals surface area contributed by atoms with Gasteiger partial charge in [-0.05, 0) is 17.0 Å². The first-order valence-corrected chi connectivity index (χ1v) is 9.94. The highest BCUT2D eigenvalue weighted by molar-refractivity contribution is 7.10. The summed E-state index contributed by atoms with van der Waals surface area (Å²) in [5.74, 6) is -0.141. The highest BCUT2D eigenvalue weighted by Gasteiger charge is 2.24. The number of hydrogen-bond donors (Lipinski definition) is 2. The Morgan fingerprint density at radius 3 is 2.59 bits per heavy atom. The fourth-order valence-corrected chi connectivity index (χ4v) is 3.75. The van der Waals surface area contributed by atoms with Crippen LogP contribution in [0, 0.1) is 0 Å². The number of nitrogens with two attached hydrogens (primary N) is 1. The maximum absolute atomic E-state index is 12.4. The molecule has 0 saturated heterocycles. The molecule has 0 aliphatic rings. The van der Waals surface area contributed by atoms with E-state index < -0.39 is 6.04 Å². The quantitative estimate of drug-likeness (QED) is 0.543. The van der Waals surface area contributed by atoms with E-state index in [4.69, 9.17) is 5.73 Å². The summed E-state index contributed by atoms with van der Waals surface area (Å²) in [4.78, 5) is 18.0. The Labute approximate surface area is 188 Å². The smallest absolute Gasteiger partial charge is 0.237 e. The number of imidazole rings is 1. The summed E-state index contributed by atoms with van der Waals surface area (Å²) in [6, 6.07) is 13.7. The zero-order chi connectivity index (χ0) is 19.3. The number of thiophene rings is 1. The standard InChI is InChI=1S/C21H26N4OS.2ClH/c1-21(2,19-9-6-10-27-19)14-23-20(26)18(22)11-17-13-25(15-24-17)12-16-7-4-3-5-8-16;;/h3-10,13,15,18H,11-12,14,22H2,1-2H3,(H,23,26);2*1H/t18-;;/m0../s1. The first-order valence-electron chi connectivity index (χ1n) is 9.06. The van der Waals surface area contributed by atoms with E-state index in [9.17, 15) is 4.79 Å². The number of aromatic nitrogens is 2. The molecule has 0 aliphatic carbocycles. The number of nitrogens with one attached hydrogen (secondary N) is 1. The van der Waals surface area contributed by atoms with Crippen molar-refractivity contribution in [3.8, 4) is 0 Å². The molecule has 0 fully saturated rings. The number of carbonyl (C=O) groups excluding carboxylic acids is 1. The van der Waals surface area contributed by atoms with Crippen LogP contribution < -0.4 is 11.1 Å². The van der Waals surface area contributed by atoms with Crippen LogP contribution in [0.5, 0.6) is 0 Å². The van der Waals surface area contributed by atoms with Crippen LogP contribution >= 0.6 is 36.2 Å². The lowest BCUT2D eigenvalue weighted by molar-refractivity contribution is -0.122. The predicted molar refractivity (Wildman–Crippen MR) is 124 cm³/mol. The number of amides is 1. The minimum Gasteiger partial charge on any atom is -0.354 e. The molecule has 0 aliphatic heterocycles. The van der Waals surface area contributed by atoms with E-state index in [0.717, 1.165) is 12.2 Å². The van der Waals surface area contributed by atoms with E-state index in [1.54, 1.807) is 17.7 Å². The summed E-state index contributed by atoms with van der Waals surface area (Å²) < 4.78 is 2.01. The van der Waals surface area contributed by atoms with Gasteiger partial charge in [0.25, 0.3) is 0 Å². The van der Waals surface area contributed by atoms with Crippen molar-refractivity contribution in [3.05, 3.63) is 76.5 Å². The van der Waals surface area contributed by atoms with Crippen LogP contribution in [0.25, 0.3) is 0 Å². The number of carbonyl (C=O) groups is 1. The van der Waals surface area contributed by atoms with Gasteiger partial charge in [-0.3, -0.25) is 4.79 Å². The van der Waals surface area contributed by atoms with Gasteiger partial charge in [0.1, 0.15) is 0 Å². The van der Waals surface area contributed by atoms with Crippen LogP contribution in [-0.4, -0.2) is 28.0 Å². The van der Waals surface area contributed by atoms with Gasteiger partial charge in [-0.25, -0.2) is 4.98 Å². The van der Waals surface area contributed by atoms with Crippen molar-refractivity contribution in [3.63, 3.8) is 0 Å². The maximum atomic E-state index is 12.4. The maximum Gasteiger partial charge on any atom is 0.237 e. The van der Waals surface area contributed by atoms with Gasteiger partial charge in [-0.15, -0.1) is 36.2 Å². The van der Waals surface area contributed by atoms with Gasteiger partial charge in [0.2, 0.25) is 5.91 Å². The second-order valence-corrected chi connectivity index (χ2v) is 8.36. The fraction of sp³-hybridized carbons (Fsp3) is 0.333. The lowest BCUT2D eigenvalue weighted by Gasteiger charge is -2.24. The Morgan fingerprint density at radius 1 is 1.21 bits per heavy atom. The van der Waals surface area contributed by atoms with E-state index in [0.29, 0.717) is 13.0 Å². The Hall–Kier alpha value is -1.86. The van der Waals surface area contributed by atoms with Crippen molar-refractivity contribution in [2.45, 2.75) is 38.3 Å². The Morgan fingerprint density at radius 2 is 1.93 bits per heavy atom. The lowest BCUT2D eigenvalue weighted by atomic mass is 9.91. The van der Waals surface area contributed by atoms with E-state index in [2.05, 4.69) is 47.7 Å². The van der Waals surface area contributed by atoms with Crippen LogP contribution in [0.1, 0.15) is 30.0 Å². The van der Waals surface area contributed by atoms with Crippen molar-refractivity contribution in [1.82, 2.24) is 14.9 Å². The van der Waals surface area contributed by atoms with E-state index in [1.807, 2.05) is 35.0 Å². The Kier molecular flexibility index (Phi) is 9.86. The number of hydrogen-bond acceptors (Lipinski definition) is 4. The van der Waals surface area contributed by atoms with Gasteiger partial charge in [0, 0.05) is 36.0 Å². The molecule has 0 saturated carbocycles. The average molecular weight is 455 g/mol. The lowest BCUT2D eigenvalue weighted by Crippen LogP contribution is -2.46. The van der Waals surface area contributed by atoms with Crippen molar-refractivity contribution in [2.24, 2.45) is 5.73 Å². The second kappa shape index (κ2) is 11.4. The molecule has 3 aromatic rings. The van der Waals surface area contributed by atoms with Crippen LogP contribution in [0.3, 0.4) is 0 Å². The Balaban J connectivity index is 0.00000210. The van der Waals surface area contributed by atoms with Crippen LogP contribution in [0.2, 0.25) is 0 Å². The number of rotatable bonds is 8. The molecular formula is C21H28Cl2N4OS. The summed E-state index contributed by atoms with van der Waals surface area (Å²) in [5, 5.41) is 5.04. The van der Waals surface area contributed by atoms with Gasteiger partial charge in [0.15, 0.2) is 0 Å². The molecule has 5 nitrogen and oxygen atoms in total. The minimum absolute atomic E-state index is 0. The summed E-state index contributed by atoms with van der Waals surface area (Å²) in [7, 11) is 0. The highest BCUT2D eigenvalue weighted by atomic mass is 35.5. The summed E-state index contributed by atoms with van der Waals surface area (Å²) in [5.41, 5.74) is 8.02. The van der Waals surface area contributed by atoms with Gasteiger partial charge in [-0.1, -0.05) is 50.2 Å². The van der Waals surface area contributed by atoms with E-state index in [-0.39, 0.29) is 36.1 Å². The summed E-state index contributed by atoms with van der Waals surface area (Å²) >= 11 is 1.70. The largest absolute Gasteiger partial charge is 0.354 e. The molecule has 2 aromatic heterocycles. The van der Waals surface area contributed by atoms with Crippen molar-refractivity contribution in [2.75, 3.05) is 6.54 Å². The molecule has 3 N–H and O–H groups in total. The Bertz CT molecular complexity index is 866. The number of halogens is 2. The molecule has 0 unspecified atom stereocenters. The highest BCUT2D eigenvalue weighted by Crippen LogP contribution is 2.26. The molecule has 1 amide bonds. The third-order valence-electron chi connectivity index (χ3n) is 4.55. The normalized spacial score (nSPS) is 11.8. The predicted octanol–water partition coefficient (Wildman–Crippen LogP) is 3.80. The topological polar surface area (TPSA) is 72.9 Å². The van der Waals surface area contributed by atoms with E-state index in [1.165, 1.54) is 10.4 Å². The minimum atomic E-state index is -0.607. The average Bonchev–Trinajstić information content (AvgIpc) is 3.33. The third-order valence-corrected chi connectivity index (χ3v) is 5.79. The zero-order valence-corrected chi connectivity index (χ0v) is 19.0. The zero-order valence-electron chi connectivity index (χ0n) is 16.6. The van der Waals surface area contributed by atoms with Crippen LogP contribution in [0.4, 0.5) is 0 Å². The molecule has 3 rings (SSSR count). The first kappa shape index (κ1) is 25.2. The van der Waals surface area contributed by atoms with Crippen molar-refractivity contribution in [1.29, 1.82) is 0 Å². The molecule has 0 bridgehead atoms. The molecule has 2 heterocycles. The molecule has 29 heavy (non-hydrogen) atoms. The molecular weight excluding hydrogens is 427 g/mol. The van der Waals surface area contributed by atoms with Crippen molar-refractivity contribution >= 4 is 42.1 Å². The third kappa shape index (κ3) is 7.16. The fourth-order valence-electron chi connectivity index (χ4n) is 2.90. The van der Waals surface area contributed by atoms with E-state index >= 15 is 0 Å². The number of benzene rings is 1. The summed E-state index contributed by atoms with van der Waals surface area (Å²) in [6.07, 6.45) is 4.16. The first-order chi connectivity index (χ1) is 12.9. The number of nitrogens with zero attached hydrogens (tertiary/aromatic N) is 2. The monoisotopic (exact) mass is 454 g/mol. The van der Waals surface area contributed by atoms with Crippen LogP contribution in [0.15, 0.2) is 60.4 Å². The molecule has 1 atom stereocenters. The van der Waals surface area contributed by atoms with Crippen molar-refractivity contribution < 1.29 is 4.79 Å².